The molecule has 4 aromatic carbocycles. The molecule has 0 aliphatic heterocycles. The van der Waals surface area contributed by atoms with Gasteiger partial charge in [0, 0.05) is 10.6 Å². The van der Waals surface area contributed by atoms with E-state index < -0.39 is 11.9 Å². The molecule has 4 rings (SSSR count). The molecule has 0 aliphatic rings. The summed E-state index contributed by atoms with van der Waals surface area (Å²) in [7, 11) is 1.57. The van der Waals surface area contributed by atoms with E-state index in [4.69, 9.17) is 37.4 Å². The summed E-state index contributed by atoms with van der Waals surface area (Å²) in [4.78, 5) is 25.0. The van der Waals surface area contributed by atoms with Gasteiger partial charge in [0.15, 0.2) is 6.61 Å². The zero-order valence-electron chi connectivity index (χ0n) is 19.0. The zero-order chi connectivity index (χ0) is 25.5. The van der Waals surface area contributed by atoms with Crippen molar-refractivity contribution in [2.45, 2.75) is 0 Å². The number of nitrogens with zero attached hydrogens (tertiary/aromatic N) is 1. The van der Waals surface area contributed by atoms with Gasteiger partial charge in [-0.1, -0.05) is 53.5 Å². The molecule has 0 spiro atoms. The highest BCUT2D eigenvalue weighted by molar-refractivity contribution is 6.36. The molecule has 182 valence electrons. The van der Waals surface area contributed by atoms with E-state index in [1.54, 1.807) is 43.5 Å². The lowest BCUT2D eigenvalue weighted by Crippen LogP contribution is -2.24. The molecule has 0 atom stereocenters. The fourth-order valence-corrected chi connectivity index (χ4v) is 3.82. The van der Waals surface area contributed by atoms with Crippen LogP contribution >= 0.6 is 23.2 Å². The summed E-state index contributed by atoms with van der Waals surface area (Å²) in [6, 6.07) is 22.3. The van der Waals surface area contributed by atoms with Crippen molar-refractivity contribution < 1.29 is 23.8 Å². The molecule has 9 heteroatoms. The van der Waals surface area contributed by atoms with Crippen molar-refractivity contribution >= 4 is 52.1 Å². The number of fused-ring (bicyclic) bond motifs is 1. The largest absolute Gasteiger partial charge is 0.497 e. The van der Waals surface area contributed by atoms with Gasteiger partial charge in [0.1, 0.15) is 17.2 Å². The third-order valence-electron chi connectivity index (χ3n) is 5.10. The number of hydrazone groups is 1. The number of rotatable bonds is 8. The van der Waals surface area contributed by atoms with Crippen LogP contribution in [-0.2, 0) is 4.79 Å². The molecule has 1 amide bonds. The standard InChI is InChI=1S/C27H20Cl2N2O5/c1-34-19-8-10-20(11-9-19)35-16-26(32)31-30-15-23-21-5-3-2-4-17(21)6-13-25(23)36-27(33)22-12-7-18(28)14-24(22)29/h2-15H,16H2,1H3,(H,31,32). The molecule has 0 aromatic heterocycles. The van der Waals surface area contributed by atoms with Crippen molar-refractivity contribution in [3.05, 3.63) is 100 Å². The average Bonchev–Trinajstić information content (AvgIpc) is 2.88. The molecule has 0 radical (unpaired) electrons. The van der Waals surface area contributed by atoms with Gasteiger partial charge < -0.3 is 14.2 Å². The van der Waals surface area contributed by atoms with Crippen molar-refractivity contribution in [1.82, 2.24) is 5.43 Å². The topological polar surface area (TPSA) is 86.2 Å². The van der Waals surface area contributed by atoms with E-state index in [9.17, 15) is 9.59 Å². The molecular weight excluding hydrogens is 503 g/mol. The van der Waals surface area contributed by atoms with Crippen LogP contribution in [0.4, 0.5) is 0 Å². The summed E-state index contributed by atoms with van der Waals surface area (Å²) in [5, 5.41) is 6.30. The maximum atomic E-state index is 12.8. The van der Waals surface area contributed by atoms with Crippen LogP contribution in [0.25, 0.3) is 10.8 Å². The summed E-state index contributed by atoms with van der Waals surface area (Å²) in [5.41, 5.74) is 3.09. The molecule has 0 bridgehead atoms. The number of ether oxygens (including phenoxy) is 3. The molecule has 1 N–H and O–H groups in total. The second-order valence-electron chi connectivity index (χ2n) is 7.47. The van der Waals surface area contributed by atoms with Gasteiger partial charge in [0.2, 0.25) is 0 Å². The minimum atomic E-state index is -0.654. The van der Waals surface area contributed by atoms with Crippen LogP contribution in [0.3, 0.4) is 0 Å². The number of hydrogen-bond donors (Lipinski definition) is 1. The van der Waals surface area contributed by atoms with Gasteiger partial charge in [-0.15, -0.1) is 0 Å². The average molecular weight is 523 g/mol. The van der Waals surface area contributed by atoms with E-state index in [0.717, 1.165) is 10.8 Å². The van der Waals surface area contributed by atoms with E-state index in [-0.39, 0.29) is 22.9 Å². The minimum absolute atomic E-state index is 0.168. The fraction of sp³-hybridized carbons (Fsp3) is 0.0741. The number of nitrogens with one attached hydrogen (secondary N) is 1. The summed E-state index contributed by atoms with van der Waals surface area (Å²) >= 11 is 12.1. The Hall–Kier alpha value is -4.07. The number of esters is 1. The van der Waals surface area contributed by atoms with Crippen LogP contribution in [0.2, 0.25) is 10.0 Å². The molecule has 4 aromatic rings. The number of benzene rings is 4. The molecule has 7 nitrogen and oxygen atoms in total. The van der Waals surface area contributed by atoms with E-state index in [1.807, 2.05) is 30.3 Å². The maximum absolute atomic E-state index is 12.8. The zero-order valence-corrected chi connectivity index (χ0v) is 20.5. The summed E-state index contributed by atoms with van der Waals surface area (Å²) in [6.45, 7) is -0.240. The summed E-state index contributed by atoms with van der Waals surface area (Å²) < 4.78 is 16.2. The van der Waals surface area contributed by atoms with E-state index in [1.165, 1.54) is 18.3 Å². The lowest BCUT2D eigenvalue weighted by atomic mass is 10.0. The van der Waals surface area contributed by atoms with Gasteiger partial charge in [-0.3, -0.25) is 4.79 Å². The quantitative estimate of drug-likeness (QED) is 0.135. The summed E-state index contributed by atoms with van der Waals surface area (Å²) in [5.74, 6) is 0.324. The Morgan fingerprint density at radius 1 is 0.944 bits per heavy atom. The SMILES string of the molecule is COc1ccc(OCC(=O)NN=Cc2c(OC(=O)c3ccc(Cl)cc3Cl)ccc3ccccc23)cc1. The molecule has 0 unspecified atom stereocenters. The molecule has 0 saturated heterocycles. The Bertz CT molecular complexity index is 1440. The highest BCUT2D eigenvalue weighted by Gasteiger charge is 2.16. The number of hydrogen-bond acceptors (Lipinski definition) is 6. The van der Waals surface area contributed by atoms with Crippen LogP contribution in [-0.4, -0.2) is 31.8 Å². The third-order valence-corrected chi connectivity index (χ3v) is 5.64. The number of carbonyl (C=O) groups is 2. The number of halogens is 2. The van der Waals surface area contributed by atoms with Crippen LogP contribution in [0.5, 0.6) is 17.2 Å². The molecule has 0 fully saturated rings. The van der Waals surface area contributed by atoms with E-state index >= 15 is 0 Å². The Balaban J connectivity index is 1.50. The van der Waals surface area contributed by atoms with Gasteiger partial charge in [-0.25, -0.2) is 10.2 Å². The van der Waals surface area contributed by atoms with Gasteiger partial charge in [0.05, 0.1) is 23.9 Å². The first kappa shape index (κ1) is 25.0. The number of methoxy groups -OCH3 is 1. The first-order valence-corrected chi connectivity index (χ1v) is 11.5. The van der Waals surface area contributed by atoms with Gasteiger partial charge in [0.25, 0.3) is 5.91 Å². The van der Waals surface area contributed by atoms with Crippen LogP contribution in [0.15, 0.2) is 84.0 Å². The predicted molar refractivity (Wildman–Crippen MR) is 140 cm³/mol. The number of carbonyl (C=O) groups excluding carboxylic acids is 2. The van der Waals surface area contributed by atoms with E-state index in [2.05, 4.69) is 10.5 Å². The molecule has 0 heterocycles. The predicted octanol–water partition coefficient (Wildman–Crippen LogP) is 5.90. The van der Waals surface area contributed by atoms with Crippen molar-refractivity contribution in [1.29, 1.82) is 0 Å². The second-order valence-corrected chi connectivity index (χ2v) is 8.31. The van der Waals surface area contributed by atoms with Crippen molar-refractivity contribution in [3.8, 4) is 17.2 Å². The Labute approximate surface area is 217 Å². The minimum Gasteiger partial charge on any atom is -0.497 e. The van der Waals surface area contributed by atoms with Crippen LogP contribution in [0, 0.1) is 0 Å². The maximum Gasteiger partial charge on any atom is 0.345 e. The summed E-state index contributed by atoms with van der Waals surface area (Å²) in [6.07, 6.45) is 1.42. The Morgan fingerprint density at radius 3 is 2.44 bits per heavy atom. The van der Waals surface area contributed by atoms with Crippen molar-refractivity contribution in [2.75, 3.05) is 13.7 Å². The van der Waals surface area contributed by atoms with Gasteiger partial charge >= 0.3 is 5.97 Å². The molecule has 0 saturated carbocycles. The lowest BCUT2D eigenvalue weighted by Gasteiger charge is -2.11. The number of amides is 1. The van der Waals surface area contributed by atoms with Crippen LogP contribution < -0.4 is 19.6 Å². The monoisotopic (exact) mass is 522 g/mol. The van der Waals surface area contributed by atoms with Gasteiger partial charge in [-0.2, -0.15) is 5.10 Å². The first-order valence-electron chi connectivity index (χ1n) is 10.7. The van der Waals surface area contributed by atoms with E-state index in [0.29, 0.717) is 22.1 Å². The van der Waals surface area contributed by atoms with Gasteiger partial charge in [-0.05, 0) is 59.3 Å². The smallest absolute Gasteiger partial charge is 0.345 e. The van der Waals surface area contributed by atoms with Crippen molar-refractivity contribution in [2.24, 2.45) is 5.10 Å². The Morgan fingerprint density at radius 2 is 1.69 bits per heavy atom. The second kappa shape index (κ2) is 11.6. The molecule has 36 heavy (non-hydrogen) atoms. The highest BCUT2D eigenvalue weighted by Crippen LogP contribution is 2.29. The Kier molecular flexibility index (Phi) is 8.05. The normalized spacial score (nSPS) is 10.9. The third kappa shape index (κ3) is 6.13. The molecular formula is C27H20Cl2N2O5. The van der Waals surface area contributed by atoms with Crippen LogP contribution in [0.1, 0.15) is 15.9 Å². The first-order chi connectivity index (χ1) is 17.4. The molecule has 0 aliphatic carbocycles. The fourth-order valence-electron chi connectivity index (χ4n) is 3.33. The van der Waals surface area contributed by atoms with Crippen molar-refractivity contribution in [3.63, 3.8) is 0 Å². The highest BCUT2D eigenvalue weighted by atomic mass is 35.5. The lowest BCUT2D eigenvalue weighted by molar-refractivity contribution is -0.123.